The molecule has 0 N–H and O–H groups in total. The highest BCUT2D eigenvalue weighted by Crippen LogP contribution is 2.60. The molecule has 0 saturated heterocycles. The van der Waals surface area contributed by atoms with Crippen molar-refractivity contribution in [1.82, 2.24) is 0 Å². The van der Waals surface area contributed by atoms with Crippen LogP contribution in [0.2, 0.25) is 0 Å². The van der Waals surface area contributed by atoms with E-state index in [2.05, 4.69) is 111 Å². The summed E-state index contributed by atoms with van der Waals surface area (Å²) in [6, 6.07) is 22.3. The van der Waals surface area contributed by atoms with E-state index in [-0.39, 0.29) is 16.6 Å². The van der Waals surface area contributed by atoms with Crippen molar-refractivity contribution in [1.29, 1.82) is 0 Å². The van der Waals surface area contributed by atoms with Crippen molar-refractivity contribution in [2.24, 2.45) is 11.3 Å². The standard InChI is InChI=1S/C37H37FN2/c1-24-11-6-8-15-32(24)39(26-19-17-25(38)18-20-26)27-21-22-34-31(23-27)37(4,5)30-14-10-13-29-35(30)40(34)33-16-9-7-12-28(33)36(29,2)3/h6,8-11,13,15-23,30H,7,12,14H2,1-5H3. The van der Waals surface area contributed by atoms with Crippen LogP contribution in [0.15, 0.2) is 114 Å². The number of allylic oxidation sites excluding steroid dienone is 7. The fourth-order valence-corrected chi connectivity index (χ4v) is 7.59. The molecular formula is C37H37FN2. The number of hydrogen-bond acceptors (Lipinski definition) is 2. The third kappa shape index (κ3) is 3.53. The molecule has 0 aromatic heterocycles. The molecule has 4 aliphatic rings. The summed E-state index contributed by atoms with van der Waals surface area (Å²) in [5.41, 5.74) is 12.8. The zero-order chi connectivity index (χ0) is 27.8. The van der Waals surface area contributed by atoms with Gasteiger partial charge in [0.05, 0.1) is 0 Å². The molecule has 7 rings (SSSR count). The van der Waals surface area contributed by atoms with Gasteiger partial charge in [-0.15, -0.1) is 0 Å². The second-order valence-electron chi connectivity index (χ2n) is 12.8. The molecule has 0 bridgehead atoms. The molecule has 3 heteroatoms. The highest BCUT2D eigenvalue weighted by molar-refractivity contribution is 5.83. The molecule has 2 heterocycles. The van der Waals surface area contributed by atoms with Crippen LogP contribution in [0, 0.1) is 24.1 Å². The quantitative estimate of drug-likeness (QED) is 0.334. The van der Waals surface area contributed by atoms with E-state index >= 15 is 0 Å². The maximum absolute atomic E-state index is 14.0. The van der Waals surface area contributed by atoms with Crippen LogP contribution < -0.4 is 9.80 Å². The number of hydrogen-bond donors (Lipinski definition) is 0. The SMILES string of the molecule is Cc1ccccc1N(c1ccc(F)cc1)c1ccc2c(c1)C(C)(C)C1CC=CC3=C1N2C1=C(CCC=C1)C3(C)C. The fourth-order valence-electron chi connectivity index (χ4n) is 7.59. The van der Waals surface area contributed by atoms with Crippen LogP contribution in [0.25, 0.3) is 0 Å². The van der Waals surface area contributed by atoms with Crippen LogP contribution in [0.3, 0.4) is 0 Å². The molecule has 202 valence electrons. The van der Waals surface area contributed by atoms with Gasteiger partial charge in [-0.25, -0.2) is 4.39 Å². The Bertz CT molecular complexity index is 1650. The average Bonchev–Trinajstić information content (AvgIpc) is 2.95. The lowest BCUT2D eigenvalue weighted by molar-refractivity contribution is 0.330. The molecule has 0 amide bonds. The van der Waals surface area contributed by atoms with E-state index in [9.17, 15) is 4.39 Å². The van der Waals surface area contributed by atoms with E-state index < -0.39 is 0 Å². The van der Waals surface area contributed by atoms with Crippen molar-refractivity contribution in [2.75, 3.05) is 9.80 Å². The number of aryl methyl sites for hydroxylation is 1. The first kappa shape index (κ1) is 25.1. The second-order valence-corrected chi connectivity index (χ2v) is 12.8. The van der Waals surface area contributed by atoms with E-state index in [0.29, 0.717) is 5.92 Å². The molecule has 1 atom stereocenters. The first-order valence-electron chi connectivity index (χ1n) is 14.6. The van der Waals surface area contributed by atoms with Gasteiger partial charge in [0.25, 0.3) is 0 Å². The topological polar surface area (TPSA) is 6.48 Å². The first-order chi connectivity index (χ1) is 19.2. The van der Waals surface area contributed by atoms with Crippen LogP contribution >= 0.6 is 0 Å². The molecule has 40 heavy (non-hydrogen) atoms. The molecule has 3 aromatic rings. The minimum atomic E-state index is -0.224. The van der Waals surface area contributed by atoms with Crippen molar-refractivity contribution >= 4 is 22.7 Å². The third-order valence-corrected chi connectivity index (χ3v) is 9.80. The summed E-state index contributed by atoms with van der Waals surface area (Å²) in [4.78, 5) is 4.87. The van der Waals surface area contributed by atoms with Crippen molar-refractivity contribution in [3.05, 3.63) is 131 Å². The number of rotatable bonds is 3. The van der Waals surface area contributed by atoms with Gasteiger partial charge in [-0.3, -0.25) is 0 Å². The molecule has 3 aromatic carbocycles. The lowest BCUT2D eigenvalue weighted by Gasteiger charge is -2.55. The Morgan fingerprint density at radius 1 is 0.875 bits per heavy atom. The predicted octanol–water partition coefficient (Wildman–Crippen LogP) is 10.2. The molecule has 2 aliphatic heterocycles. The Morgan fingerprint density at radius 2 is 1.62 bits per heavy atom. The van der Waals surface area contributed by atoms with E-state index in [0.717, 1.165) is 36.3 Å². The summed E-state index contributed by atoms with van der Waals surface area (Å²) in [7, 11) is 0. The number of benzene rings is 3. The van der Waals surface area contributed by atoms with Gasteiger partial charge < -0.3 is 9.80 Å². The van der Waals surface area contributed by atoms with Crippen LogP contribution in [-0.2, 0) is 5.41 Å². The zero-order valence-electron chi connectivity index (χ0n) is 24.1. The molecule has 0 fully saturated rings. The van der Waals surface area contributed by atoms with Crippen molar-refractivity contribution in [2.45, 2.75) is 59.3 Å². The Hall–Kier alpha value is -3.85. The Balaban J connectivity index is 1.47. The van der Waals surface area contributed by atoms with Crippen molar-refractivity contribution in [3.63, 3.8) is 0 Å². The van der Waals surface area contributed by atoms with Crippen LogP contribution in [0.1, 0.15) is 58.1 Å². The van der Waals surface area contributed by atoms with Crippen LogP contribution in [-0.4, -0.2) is 0 Å². The number of anilines is 4. The lowest BCUT2D eigenvalue weighted by Crippen LogP contribution is -2.48. The van der Waals surface area contributed by atoms with Gasteiger partial charge in [0.2, 0.25) is 0 Å². The molecule has 0 spiro atoms. The molecule has 1 unspecified atom stereocenters. The smallest absolute Gasteiger partial charge is 0.123 e. The summed E-state index contributed by atoms with van der Waals surface area (Å²) in [5.74, 6) is 0.162. The summed E-state index contributed by atoms with van der Waals surface area (Å²) < 4.78 is 14.0. The maximum atomic E-state index is 14.0. The Labute approximate surface area is 237 Å². The van der Waals surface area contributed by atoms with Crippen molar-refractivity contribution < 1.29 is 4.39 Å². The normalized spacial score (nSPS) is 21.6. The number of halogens is 1. The maximum Gasteiger partial charge on any atom is 0.123 e. The third-order valence-electron chi connectivity index (χ3n) is 9.80. The van der Waals surface area contributed by atoms with Gasteiger partial charge in [0, 0.05) is 50.9 Å². The average molecular weight is 529 g/mol. The highest BCUT2D eigenvalue weighted by atomic mass is 19.1. The zero-order valence-corrected chi connectivity index (χ0v) is 24.1. The largest absolute Gasteiger partial charge is 0.313 e. The Morgan fingerprint density at radius 3 is 2.40 bits per heavy atom. The van der Waals surface area contributed by atoms with Gasteiger partial charge in [-0.2, -0.15) is 0 Å². The van der Waals surface area contributed by atoms with E-state index in [4.69, 9.17) is 0 Å². The van der Waals surface area contributed by atoms with E-state index in [1.54, 1.807) is 17.7 Å². The fraction of sp³-hybridized carbons (Fsp3) is 0.297. The summed E-state index contributed by atoms with van der Waals surface area (Å²) in [6.07, 6.45) is 12.8. The molecular weight excluding hydrogens is 491 g/mol. The van der Waals surface area contributed by atoms with E-state index in [1.165, 1.54) is 33.8 Å². The molecule has 0 saturated carbocycles. The summed E-state index contributed by atoms with van der Waals surface area (Å²) in [6.45, 7) is 11.8. The number of nitrogens with zero attached hydrogens (tertiary/aromatic N) is 2. The molecule has 2 aliphatic carbocycles. The van der Waals surface area contributed by atoms with E-state index in [1.807, 2.05) is 12.1 Å². The van der Waals surface area contributed by atoms with Gasteiger partial charge in [-0.1, -0.05) is 64.1 Å². The van der Waals surface area contributed by atoms with Crippen LogP contribution in [0.5, 0.6) is 0 Å². The lowest BCUT2D eigenvalue weighted by atomic mass is 9.59. The molecule has 0 radical (unpaired) electrons. The Kier molecular flexibility index (Phi) is 5.55. The highest BCUT2D eigenvalue weighted by Gasteiger charge is 2.50. The van der Waals surface area contributed by atoms with Gasteiger partial charge >= 0.3 is 0 Å². The minimum Gasteiger partial charge on any atom is -0.313 e. The molecule has 2 nitrogen and oxygen atoms in total. The van der Waals surface area contributed by atoms with Crippen molar-refractivity contribution in [3.8, 4) is 0 Å². The summed E-state index contributed by atoms with van der Waals surface area (Å²) in [5, 5.41) is 0. The predicted molar refractivity (Wildman–Crippen MR) is 165 cm³/mol. The van der Waals surface area contributed by atoms with Crippen LogP contribution in [0.4, 0.5) is 27.1 Å². The van der Waals surface area contributed by atoms with Gasteiger partial charge in [0.15, 0.2) is 0 Å². The van der Waals surface area contributed by atoms with Gasteiger partial charge in [0.1, 0.15) is 5.82 Å². The second kappa shape index (κ2) is 8.83. The van der Waals surface area contributed by atoms with Gasteiger partial charge in [-0.05, 0) is 103 Å². The number of para-hydroxylation sites is 1. The summed E-state index contributed by atoms with van der Waals surface area (Å²) >= 11 is 0. The first-order valence-corrected chi connectivity index (χ1v) is 14.6. The monoisotopic (exact) mass is 528 g/mol. The number of fused-ring (bicyclic) bond motifs is 3. The minimum absolute atomic E-state index is 0.0266.